The number of rotatable bonds is 5. The average molecular weight is 337 g/mol. The van der Waals surface area contributed by atoms with E-state index in [0.717, 1.165) is 31.1 Å². The minimum Gasteiger partial charge on any atom is -0.378 e. The van der Waals surface area contributed by atoms with Crippen molar-refractivity contribution in [1.29, 1.82) is 0 Å². The molecule has 0 atom stereocenters. The molecule has 1 N–H and O–H groups in total. The largest absolute Gasteiger partial charge is 0.378 e. The third-order valence-electron chi connectivity index (χ3n) is 3.57. The summed E-state index contributed by atoms with van der Waals surface area (Å²) in [5.41, 5.74) is -0.199. The van der Waals surface area contributed by atoms with Gasteiger partial charge in [0.05, 0.1) is 13.2 Å². The van der Waals surface area contributed by atoms with Crippen LogP contribution >= 0.6 is 11.3 Å². The molecule has 2 aromatic heterocycles. The Bertz CT molecular complexity index is 750. The Morgan fingerprint density at radius 2 is 2.22 bits per heavy atom. The molecule has 0 aliphatic carbocycles. The number of nitrogens with zero attached hydrogens (tertiary/aromatic N) is 4. The molecule has 1 fully saturated rings. The van der Waals surface area contributed by atoms with Crippen molar-refractivity contribution in [3.05, 3.63) is 22.1 Å². The van der Waals surface area contributed by atoms with Gasteiger partial charge in [-0.25, -0.2) is 0 Å². The van der Waals surface area contributed by atoms with Gasteiger partial charge in [0.1, 0.15) is 5.69 Å². The zero-order chi connectivity index (χ0) is 16.2. The van der Waals surface area contributed by atoms with Crippen LogP contribution in [0.2, 0.25) is 0 Å². The van der Waals surface area contributed by atoms with E-state index in [-0.39, 0.29) is 11.6 Å². The molecule has 8 nitrogen and oxygen atoms in total. The number of hydrogen-bond donors (Lipinski definition) is 1. The van der Waals surface area contributed by atoms with E-state index in [1.54, 1.807) is 0 Å². The number of nitrogens with one attached hydrogen (secondary N) is 1. The number of amides is 1. The Kier molecular flexibility index (Phi) is 4.87. The molecular weight excluding hydrogens is 318 g/mol. The summed E-state index contributed by atoms with van der Waals surface area (Å²) >= 11 is 1.31. The summed E-state index contributed by atoms with van der Waals surface area (Å²) in [6, 6.07) is 1.23. The minimum absolute atomic E-state index is 0.229. The van der Waals surface area contributed by atoms with E-state index in [1.807, 2.05) is 0 Å². The monoisotopic (exact) mass is 337 g/mol. The number of hydrogen-bond acceptors (Lipinski definition) is 7. The van der Waals surface area contributed by atoms with Crippen LogP contribution in [0.25, 0.3) is 4.96 Å². The van der Waals surface area contributed by atoms with Gasteiger partial charge in [0.2, 0.25) is 10.1 Å². The Morgan fingerprint density at radius 3 is 2.96 bits per heavy atom. The number of fused-ring (bicyclic) bond motifs is 1. The van der Waals surface area contributed by atoms with Crippen molar-refractivity contribution in [2.75, 3.05) is 37.7 Å². The van der Waals surface area contributed by atoms with E-state index in [1.165, 1.54) is 21.9 Å². The molecule has 9 heteroatoms. The summed E-state index contributed by atoms with van der Waals surface area (Å²) in [5, 5.41) is 8.03. The highest BCUT2D eigenvalue weighted by Gasteiger charge is 2.19. The maximum Gasteiger partial charge on any atom is 0.274 e. The molecule has 1 aliphatic rings. The fourth-order valence-corrected chi connectivity index (χ4v) is 3.28. The standard InChI is InChI=1S/C14H19N5O3S/c1-2-3-4-15-12(21)10-9-11(20)16-13-19(10)17-14(23-13)18-5-7-22-8-6-18/h9H,2-8H2,1H3,(H,15,21). The van der Waals surface area contributed by atoms with Gasteiger partial charge in [0, 0.05) is 25.7 Å². The van der Waals surface area contributed by atoms with E-state index in [4.69, 9.17) is 4.74 Å². The van der Waals surface area contributed by atoms with Crippen LogP contribution in [0, 0.1) is 0 Å². The Hall–Kier alpha value is -2.00. The minimum atomic E-state index is -0.428. The normalized spacial score (nSPS) is 15.1. The predicted octanol–water partition coefficient (Wildman–Crippen LogP) is 0.517. The maximum atomic E-state index is 12.3. The van der Waals surface area contributed by atoms with Crippen LogP contribution in [0.15, 0.2) is 10.9 Å². The topological polar surface area (TPSA) is 88.8 Å². The first-order valence-corrected chi connectivity index (χ1v) is 8.52. The zero-order valence-corrected chi connectivity index (χ0v) is 13.8. The molecule has 3 rings (SSSR count). The molecule has 1 aliphatic heterocycles. The van der Waals surface area contributed by atoms with Crippen LogP contribution in [-0.2, 0) is 4.74 Å². The van der Waals surface area contributed by atoms with Crippen LogP contribution in [0.4, 0.5) is 5.13 Å². The van der Waals surface area contributed by atoms with E-state index in [0.29, 0.717) is 24.7 Å². The van der Waals surface area contributed by atoms with Crippen molar-refractivity contribution in [2.24, 2.45) is 0 Å². The number of ether oxygens (including phenoxy) is 1. The van der Waals surface area contributed by atoms with Crippen LogP contribution in [0.1, 0.15) is 30.3 Å². The van der Waals surface area contributed by atoms with E-state index in [9.17, 15) is 9.59 Å². The lowest BCUT2D eigenvalue weighted by molar-refractivity contribution is 0.0945. The summed E-state index contributed by atoms with van der Waals surface area (Å²) in [6.07, 6.45) is 1.88. The van der Waals surface area contributed by atoms with Crippen molar-refractivity contribution in [3.63, 3.8) is 0 Å². The maximum absolute atomic E-state index is 12.3. The number of anilines is 1. The molecular formula is C14H19N5O3S. The number of carbonyl (C=O) groups is 1. The van der Waals surface area contributed by atoms with E-state index in [2.05, 4.69) is 27.2 Å². The first-order valence-electron chi connectivity index (χ1n) is 7.71. The summed E-state index contributed by atoms with van der Waals surface area (Å²) in [5.74, 6) is -0.299. The quantitative estimate of drug-likeness (QED) is 0.800. The van der Waals surface area contributed by atoms with Crippen molar-refractivity contribution in [2.45, 2.75) is 19.8 Å². The molecule has 0 bridgehead atoms. The molecule has 0 saturated carbocycles. The lowest BCUT2D eigenvalue weighted by Crippen LogP contribution is -2.36. The molecule has 124 valence electrons. The summed E-state index contributed by atoms with van der Waals surface area (Å²) < 4.78 is 6.79. The fourth-order valence-electron chi connectivity index (χ4n) is 2.32. The molecule has 2 aromatic rings. The number of morpholine rings is 1. The fraction of sp³-hybridized carbons (Fsp3) is 0.571. The van der Waals surface area contributed by atoms with Gasteiger partial charge in [-0.15, -0.1) is 5.10 Å². The van der Waals surface area contributed by atoms with Gasteiger partial charge < -0.3 is 15.0 Å². The number of unbranched alkanes of at least 4 members (excludes halogenated alkanes) is 1. The highest BCUT2D eigenvalue weighted by Crippen LogP contribution is 2.23. The number of carbonyl (C=O) groups excluding carboxylic acids is 1. The van der Waals surface area contributed by atoms with Gasteiger partial charge in [-0.3, -0.25) is 9.59 Å². The summed E-state index contributed by atoms with van der Waals surface area (Å²) in [4.78, 5) is 30.5. The van der Waals surface area contributed by atoms with Crippen LogP contribution < -0.4 is 15.8 Å². The lowest BCUT2D eigenvalue weighted by Gasteiger charge is -2.25. The van der Waals surface area contributed by atoms with Gasteiger partial charge >= 0.3 is 0 Å². The Labute approximate surface area is 137 Å². The molecule has 0 radical (unpaired) electrons. The van der Waals surface area contributed by atoms with Gasteiger partial charge in [0.25, 0.3) is 11.5 Å². The van der Waals surface area contributed by atoms with Crippen LogP contribution in [-0.4, -0.2) is 53.4 Å². The molecule has 0 unspecified atom stereocenters. The summed E-state index contributed by atoms with van der Waals surface area (Å²) in [6.45, 7) is 5.40. The van der Waals surface area contributed by atoms with Crippen molar-refractivity contribution in [1.82, 2.24) is 19.9 Å². The third-order valence-corrected chi connectivity index (χ3v) is 4.54. The molecule has 23 heavy (non-hydrogen) atoms. The average Bonchev–Trinajstić information content (AvgIpc) is 2.98. The third kappa shape index (κ3) is 3.50. The van der Waals surface area contributed by atoms with E-state index >= 15 is 0 Å². The molecule has 1 amide bonds. The van der Waals surface area contributed by atoms with Gasteiger partial charge in [0.15, 0.2) is 0 Å². The molecule has 1 saturated heterocycles. The molecule has 0 aromatic carbocycles. The zero-order valence-electron chi connectivity index (χ0n) is 12.9. The highest BCUT2D eigenvalue weighted by atomic mass is 32.1. The van der Waals surface area contributed by atoms with Crippen molar-refractivity contribution in [3.8, 4) is 0 Å². The first kappa shape index (κ1) is 15.9. The van der Waals surface area contributed by atoms with Crippen molar-refractivity contribution < 1.29 is 9.53 Å². The molecule has 0 spiro atoms. The Morgan fingerprint density at radius 1 is 1.43 bits per heavy atom. The van der Waals surface area contributed by atoms with Crippen LogP contribution in [0.5, 0.6) is 0 Å². The highest BCUT2D eigenvalue weighted by molar-refractivity contribution is 7.20. The second kappa shape index (κ2) is 7.05. The number of aromatic nitrogens is 3. The first-order chi connectivity index (χ1) is 11.2. The van der Waals surface area contributed by atoms with Crippen LogP contribution in [0.3, 0.4) is 0 Å². The van der Waals surface area contributed by atoms with E-state index < -0.39 is 5.56 Å². The second-order valence-electron chi connectivity index (χ2n) is 5.27. The smallest absolute Gasteiger partial charge is 0.274 e. The van der Waals surface area contributed by atoms with Gasteiger partial charge in [-0.2, -0.15) is 9.50 Å². The Balaban J connectivity index is 1.92. The van der Waals surface area contributed by atoms with Gasteiger partial charge in [-0.05, 0) is 6.42 Å². The molecule has 3 heterocycles. The lowest BCUT2D eigenvalue weighted by atomic mass is 10.3. The second-order valence-corrected chi connectivity index (χ2v) is 6.20. The van der Waals surface area contributed by atoms with Crippen molar-refractivity contribution >= 4 is 27.3 Å². The summed E-state index contributed by atoms with van der Waals surface area (Å²) in [7, 11) is 0. The predicted molar refractivity (Wildman–Crippen MR) is 87.4 cm³/mol. The van der Waals surface area contributed by atoms with Gasteiger partial charge in [-0.1, -0.05) is 24.7 Å². The SMILES string of the molecule is CCCCNC(=O)c1cc(=O)nc2sc(N3CCOCC3)nn12.